The fourth-order valence-electron chi connectivity index (χ4n) is 1.37. The second-order valence-electron chi connectivity index (χ2n) is 3.24. The Labute approximate surface area is 80.7 Å². The van der Waals surface area contributed by atoms with Crippen molar-refractivity contribution >= 4 is 5.91 Å². The van der Waals surface area contributed by atoms with Crippen LogP contribution in [0, 0.1) is 32.4 Å². The van der Waals surface area contributed by atoms with E-state index < -0.39 is 17.5 Å². The van der Waals surface area contributed by atoms with Gasteiger partial charge in [-0.3, -0.25) is 4.79 Å². The summed E-state index contributed by atoms with van der Waals surface area (Å²) in [6.07, 6.45) is 0. The van der Waals surface area contributed by atoms with Gasteiger partial charge in [-0.05, 0) is 31.9 Å². The van der Waals surface area contributed by atoms with Gasteiger partial charge in [-0.1, -0.05) is 0 Å². The lowest BCUT2D eigenvalue weighted by molar-refractivity contribution is 0.0995. The molecule has 0 unspecified atom stereocenters. The Morgan fingerprint density at radius 2 is 1.50 bits per heavy atom. The first-order chi connectivity index (χ1) is 6.37. The summed E-state index contributed by atoms with van der Waals surface area (Å²) in [5, 5.41) is 0. The van der Waals surface area contributed by atoms with Crippen molar-refractivity contribution in [1.82, 2.24) is 0 Å². The Balaban J connectivity index is 3.68. The Kier molecular flexibility index (Phi) is 2.55. The highest BCUT2D eigenvalue weighted by atomic mass is 19.1. The van der Waals surface area contributed by atoms with Crippen LogP contribution in [0.2, 0.25) is 0 Å². The van der Waals surface area contributed by atoms with E-state index in [2.05, 4.69) is 0 Å². The zero-order chi connectivity index (χ0) is 11.0. The maximum atomic E-state index is 13.4. The first kappa shape index (κ1) is 10.6. The van der Waals surface area contributed by atoms with Gasteiger partial charge in [0.1, 0.15) is 11.6 Å². The molecule has 1 aromatic rings. The molecule has 1 rings (SSSR count). The fraction of sp³-hybridized carbons (Fsp3) is 0.300. The molecule has 0 bridgehead atoms. The summed E-state index contributed by atoms with van der Waals surface area (Å²) in [7, 11) is 0. The molecular formula is C10H11F2NO. The minimum atomic E-state index is -0.869. The van der Waals surface area contributed by atoms with Gasteiger partial charge in [-0.25, -0.2) is 8.78 Å². The summed E-state index contributed by atoms with van der Waals surface area (Å²) in [6, 6.07) is 0. The third-order valence-electron chi connectivity index (χ3n) is 2.39. The second-order valence-corrected chi connectivity index (χ2v) is 3.24. The van der Waals surface area contributed by atoms with Crippen LogP contribution < -0.4 is 5.73 Å². The third-order valence-corrected chi connectivity index (χ3v) is 2.39. The van der Waals surface area contributed by atoms with Gasteiger partial charge in [0.05, 0.1) is 5.56 Å². The number of amides is 1. The fourth-order valence-corrected chi connectivity index (χ4v) is 1.37. The molecule has 2 nitrogen and oxygen atoms in total. The SMILES string of the molecule is Cc1c(C)c(C(N)=O)c(F)c(C)c1F. The first-order valence-corrected chi connectivity index (χ1v) is 4.12. The third kappa shape index (κ3) is 1.36. The molecule has 0 saturated carbocycles. The van der Waals surface area contributed by atoms with E-state index >= 15 is 0 Å². The van der Waals surface area contributed by atoms with Crippen molar-refractivity contribution < 1.29 is 13.6 Å². The van der Waals surface area contributed by atoms with E-state index in [1.165, 1.54) is 20.8 Å². The molecule has 0 aliphatic rings. The van der Waals surface area contributed by atoms with Crippen molar-refractivity contribution in [3.8, 4) is 0 Å². The lowest BCUT2D eigenvalue weighted by Crippen LogP contribution is -2.17. The zero-order valence-corrected chi connectivity index (χ0v) is 8.24. The molecule has 0 aromatic heterocycles. The normalized spacial score (nSPS) is 10.4. The highest BCUT2D eigenvalue weighted by Crippen LogP contribution is 2.24. The first-order valence-electron chi connectivity index (χ1n) is 4.12. The quantitative estimate of drug-likeness (QED) is 0.738. The van der Waals surface area contributed by atoms with Crippen LogP contribution in [0.15, 0.2) is 0 Å². The largest absolute Gasteiger partial charge is 0.365 e. The topological polar surface area (TPSA) is 43.1 Å². The van der Waals surface area contributed by atoms with E-state index in [0.29, 0.717) is 0 Å². The molecule has 76 valence electrons. The van der Waals surface area contributed by atoms with Gasteiger partial charge in [-0.15, -0.1) is 0 Å². The average molecular weight is 199 g/mol. The molecule has 0 aliphatic carbocycles. The van der Waals surface area contributed by atoms with Crippen molar-refractivity contribution in [3.05, 3.63) is 33.9 Å². The summed E-state index contributed by atoms with van der Waals surface area (Å²) in [6.45, 7) is 4.24. The van der Waals surface area contributed by atoms with Gasteiger partial charge in [0, 0.05) is 5.56 Å². The van der Waals surface area contributed by atoms with Crippen molar-refractivity contribution in [2.45, 2.75) is 20.8 Å². The second kappa shape index (κ2) is 3.36. The van der Waals surface area contributed by atoms with Crippen LogP contribution in [0.5, 0.6) is 0 Å². The van der Waals surface area contributed by atoms with E-state index in [0.717, 1.165) is 0 Å². The van der Waals surface area contributed by atoms with Crippen LogP contribution in [-0.4, -0.2) is 5.91 Å². The molecule has 0 aliphatic heterocycles. The Morgan fingerprint density at radius 3 is 1.93 bits per heavy atom. The zero-order valence-electron chi connectivity index (χ0n) is 8.24. The van der Waals surface area contributed by atoms with Crippen LogP contribution in [0.1, 0.15) is 27.0 Å². The Hall–Kier alpha value is -1.45. The van der Waals surface area contributed by atoms with Crippen molar-refractivity contribution in [1.29, 1.82) is 0 Å². The van der Waals surface area contributed by atoms with Crippen molar-refractivity contribution in [2.24, 2.45) is 5.73 Å². The van der Waals surface area contributed by atoms with Gasteiger partial charge in [0.25, 0.3) is 5.91 Å². The van der Waals surface area contributed by atoms with E-state index in [4.69, 9.17) is 5.73 Å². The predicted molar refractivity (Wildman–Crippen MR) is 49.1 cm³/mol. The van der Waals surface area contributed by atoms with Crippen LogP contribution in [0.3, 0.4) is 0 Å². The molecule has 0 saturated heterocycles. The molecule has 0 heterocycles. The monoisotopic (exact) mass is 199 g/mol. The summed E-state index contributed by atoms with van der Waals surface area (Å²) in [4.78, 5) is 10.9. The van der Waals surface area contributed by atoms with Crippen LogP contribution >= 0.6 is 0 Å². The predicted octanol–water partition coefficient (Wildman–Crippen LogP) is 1.99. The lowest BCUT2D eigenvalue weighted by atomic mass is 9.98. The summed E-state index contributed by atoms with van der Waals surface area (Å²) in [5.41, 5.74) is 5.14. The van der Waals surface area contributed by atoms with E-state index in [9.17, 15) is 13.6 Å². The van der Waals surface area contributed by atoms with Gasteiger partial charge >= 0.3 is 0 Å². The summed E-state index contributed by atoms with van der Waals surface area (Å²) in [5.74, 6) is -2.35. The van der Waals surface area contributed by atoms with E-state index in [1.54, 1.807) is 0 Å². The molecule has 0 fully saturated rings. The number of hydrogen-bond acceptors (Lipinski definition) is 1. The highest BCUT2D eigenvalue weighted by molar-refractivity contribution is 5.95. The van der Waals surface area contributed by atoms with Gasteiger partial charge < -0.3 is 5.73 Å². The summed E-state index contributed by atoms with van der Waals surface area (Å²) >= 11 is 0. The number of primary amides is 1. The van der Waals surface area contributed by atoms with Crippen LogP contribution in [-0.2, 0) is 0 Å². The van der Waals surface area contributed by atoms with E-state index in [1.807, 2.05) is 0 Å². The van der Waals surface area contributed by atoms with Gasteiger partial charge in [-0.2, -0.15) is 0 Å². The number of hydrogen-bond donors (Lipinski definition) is 1. The van der Waals surface area contributed by atoms with Crippen LogP contribution in [0.25, 0.3) is 0 Å². The molecule has 0 radical (unpaired) electrons. The minimum Gasteiger partial charge on any atom is -0.365 e. The lowest BCUT2D eigenvalue weighted by Gasteiger charge is -2.11. The Morgan fingerprint density at radius 1 is 1.00 bits per heavy atom. The standard InChI is InChI=1S/C10H11F2NO/c1-4-5(2)8(11)6(3)9(12)7(4)10(13)14/h1-3H3,(H2,13,14). The maximum absolute atomic E-state index is 13.4. The van der Waals surface area contributed by atoms with Gasteiger partial charge in [0.15, 0.2) is 0 Å². The molecule has 1 aromatic carbocycles. The maximum Gasteiger partial charge on any atom is 0.251 e. The average Bonchev–Trinajstić information content (AvgIpc) is 2.11. The summed E-state index contributed by atoms with van der Waals surface area (Å²) < 4.78 is 26.7. The number of carbonyl (C=O) groups excluding carboxylic acids is 1. The number of benzene rings is 1. The molecule has 14 heavy (non-hydrogen) atoms. The minimum absolute atomic E-state index is 0.165. The van der Waals surface area contributed by atoms with Crippen LogP contribution in [0.4, 0.5) is 8.78 Å². The molecule has 2 N–H and O–H groups in total. The Bertz CT molecular complexity index is 384. The molecule has 1 amide bonds. The number of rotatable bonds is 1. The van der Waals surface area contributed by atoms with Crippen molar-refractivity contribution in [2.75, 3.05) is 0 Å². The number of carbonyl (C=O) groups is 1. The van der Waals surface area contributed by atoms with Crippen molar-refractivity contribution in [3.63, 3.8) is 0 Å². The molecular weight excluding hydrogens is 188 g/mol. The smallest absolute Gasteiger partial charge is 0.251 e. The molecule has 0 atom stereocenters. The molecule has 0 spiro atoms. The highest BCUT2D eigenvalue weighted by Gasteiger charge is 2.20. The number of nitrogens with two attached hydrogens (primary N) is 1. The van der Waals surface area contributed by atoms with Gasteiger partial charge in [0.2, 0.25) is 0 Å². The number of halogens is 2. The molecule has 4 heteroatoms. The van der Waals surface area contributed by atoms with E-state index in [-0.39, 0.29) is 22.3 Å².